The summed E-state index contributed by atoms with van der Waals surface area (Å²) in [5, 5.41) is 9.23. The Morgan fingerprint density at radius 3 is 2.65 bits per heavy atom. The molecular formula is C22H27N7O2. The average Bonchev–Trinajstić information content (AvgIpc) is 2.78. The van der Waals surface area contributed by atoms with Gasteiger partial charge in [0.05, 0.1) is 12.8 Å². The molecule has 0 radical (unpaired) electrons. The van der Waals surface area contributed by atoms with E-state index < -0.39 is 0 Å². The number of carbonyl (C=O) groups excluding carboxylic acids is 1. The molecule has 5 N–H and O–H groups in total. The Morgan fingerprint density at radius 1 is 1.13 bits per heavy atom. The zero-order chi connectivity index (χ0) is 22.1. The van der Waals surface area contributed by atoms with Crippen molar-refractivity contribution in [1.29, 1.82) is 0 Å². The van der Waals surface area contributed by atoms with Crippen LogP contribution in [0.15, 0.2) is 48.9 Å². The fourth-order valence-electron chi connectivity index (χ4n) is 2.89. The van der Waals surface area contributed by atoms with E-state index in [0.717, 1.165) is 12.8 Å². The zero-order valence-corrected chi connectivity index (χ0v) is 17.7. The molecule has 0 aliphatic heterocycles. The Hall–Kier alpha value is -3.88. The largest absolute Gasteiger partial charge is 0.495 e. The van der Waals surface area contributed by atoms with Gasteiger partial charge in [0.15, 0.2) is 0 Å². The molecule has 0 spiro atoms. The maximum absolute atomic E-state index is 12.8. The minimum absolute atomic E-state index is 0.327. The number of benzene rings is 1. The van der Waals surface area contributed by atoms with Crippen molar-refractivity contribution >= 4 is 29.0 Å². The first-order chi connectivity index (χ1) is 15.1. The number of methoxy groups -OCH3 is 1. The third-order valence-electron chi connectivity index (χ3n) is 4.51. The molecule has 1 aromatic carbocycles. The van der Waals surface area contributed by atoms with Gasteiger partial charge >= 0.3 is 0 Å². The lowest BCUT2D eigenvalue weighted by atomic mass is 10.2. The summed E-state index contributed by atoms with van der Waals surface area (Å²) >= 11 is 0. The molecule has 0 saturated carbocycles. The molecule has 9 nitrogen and oxygen atoms in total. The van der Waals surface area contributed by atoms with Crippen molar-refractivity contribution in [2.75, 3.05) is 41.9 Å². The summed E-state index contributed by atoms with van der Waals surface area (Å²) in [7, 11) is 1.54. The van der Waals surface area contributed by atoms with Crippen LogP contribution in [0.5, 0.6) is 5.75 Å². The van der Waals surface area contributed by atoms with Crippen molar-refractivity contribution < 1.29 is 9.53 Å². The lowest BCUT2D eigenvalue weighted by Crippen LogP contribution is -2.18. The number of nitrogens with zero attached hydrogens (tertiary/aromatic N) is 3. The maximum atomic E-state index is 12.8. The molecule has 0 bridgehead atoms. The Morgan fingerprint density at radius 2 is 1.94 bits per heavy atom. The molecule has 0 aliphatic carbocycles. The number of anilines is 4. The number of aromatic nitrogens is 3. The molecule has 0 unspecified atom stereocenters. The van der Waals surface area contributed by atoms with E-state index in [1.165, 1.54) is 11.8 Å². The summed E-state index contributed by atoms with van der Waals surface area (Å²) in [6.07, 6.45) is 6.75. The first-order valence-corrected chi connectivity index (χ1v) is 10.1. The highest BCUT2D eigenvalue weighted by atomic mass is 16.5. The van der Waals surface area contributed by atoms with Gasteiger partial charge in [0.25, 0.3) is 5.91 Å². The maximum Gasteiger partial charge on any atom is 0.260 e. The standard InChI is InChI=1S/C22H27N7O2/c1-3-9-25-20-17(21(30)28-16-4-5-19(31-2)18(23)13-16)14-27-22(29-20)26-12-8-15-6-10-24-11-7-15/h4-7,10-11,13-14H,3,8-9,12,23H2,1-2H3,(H,28,30)(H2,25,26,27,29). The molecule has 0 fully saturated rings. The Balaban J connectivity index is 1.71. The minimum atomic E-state index is -0.327. The molecule has 1 amide bonds. The summed E-state index contributed by atoms with van der Waals surface area (Å²) in [6, 6.07) is 9.01. The van der Waals surface area contributed by atoms with Crippen LogP contribution in [-0.4, -0.2) is 41.1 Å². The number of amides is 1. The van der Waals surface area contributed by atoms with Crippen LogP contribution in [-0.2, 0) is 6.42 Å². The third-order valence-corrected chi connectivity index (χ3v) is 4.51. The van der Waals surface area contributed by atoms with E-state index in [-0.39, 0.29) is 5.91 Å². The first kappa shape index (κ1) is 21.8. The van der Waals surface area contributed by atoms with Crippen LogP contribution < -0.4 is 26.4 Å². The van der Waals surface area contributed by atoms with Gasteiger partial charge in [-0.05, 0) is 48.7 Å². The van der Waals surface area contributed by atoms with E-state index in [9.17, 15) is 4.79 Å². The lowest BCUT2D eigenvalue weighted by molar-refractivity contribution is 0.102. The predicted molar refractivity (Wildman–Crippen MR) is 123 cm³/mol. The highest BCUT2D eigenvalue weighted by molar-refractivity contribution is 6.07. The molecule has 0 saturated heterocycles. The van der Waals surface area contributed by atoms with Crippen molar-refractivity contribution in [3.8, 4) is 5.75 Å². The van der Waals surface area contributed by atoms with Crippen LogP contribution in [0.25, 0.3) is 0 Å². The molecule has 9 heteroatoms. The number of nitrogens with one attached hydrogen (secondary N) is 3. The van der Waals surface area contributed by atoms with Gasteiger partial charge in [-0.15, -0.1) is 0 Å². The van der Waals surface area contributed by atoms with Crippen molar-refractivity contribution in [2.45, 2.75) is 19.8 Å². The SMILES string of the molecule is CCCNc1nc(NCCc2ccncc2)ncc1C(=O)Nc1ccc(OC)c(N)c1. The summed E-state index contributed by atoms with van der Waals surface area (Å²) in [5.74, 6) is 1.15. The molecule has 162 valence electrons. The summed E-state index contributed by atoms with van der Waals surface area (Å²) < 4.78 is 5.15. The highest BCUT2D eigenvalue weighted by Gasteiger charge is 2.15. The fraction of sp³-hybridized carbons (Fsp3) is 0.273. The number of carbonyl (C=O) groups is 1. The van der Waals surface area contributed by atoms with E-state index in [1.807, 2.05) is 19.1 Å². The number of rotatable bonds is 10. The Labute approximate surface area is 181 Å². The average molecular weight is 422 g/mol. The van der Waals surface area contributed by atoms with Gasteiger partial charge in [0, 0.05) is 37.4 Å². The topological polar surface area (TPSA) is 127 Å². The van der Waals surface area contributed by atoms with Crippen molar-refractivity contribution in [3.05, 3.63) is 60.0 Å². The monoisotopic (exact) mass is 421 g/mol. The van der Waals surface area contributed by atoms with Crippen LogP contribution in [0.2, 0.25) is 0 Å². The quantitative estimate of drug-likeness (QED) is 0.368. The molecule has 31 heavy (non-hydrogen) atoms. The number of hydrogen-bond donors (Lipinski definition) is 4. The molecule has 0 aliphatic rings. The van der Waals surface area contributed by atoms with Gasteiger partial charge in [-0.25, -0.2) is 4.98 Å². The molecule has 3 rings (SSSR count). The fourth-order valence-corrected chi connectivity index (χ4v) is 2.89. The van der Waals surface area contributed by atoms with Crippen LogP contribution in [0.1, 0.15) is 29.3 Å². The van der Waals surface area contributed by atoms with Crippen LogP contribution in [0.3, 0.4) is 0 Å². The molecule has 0 atom stereocenters. The summed E-state index contributed by atoms with van der Waals surface area (Å²) in [5.41, 5.74) is 8.44. The van der Waals surface area contributed by atoms with Crippen LogP contribution in [0.4, 0.5) is 23.1 Å². The second-order valence-corrected chi connectivity index (χ2v) is 6.83. The van der Waals surface area contributed by atoms with Gasteiger partial charge in [-0.2, -0.15) is 4.98 Å². The van der Waals surface area contributed by atoms with Gasteiger partial charge in [-0.1, -0.05) is 6.92 Å². The Bertz CT molecular complexity index is 1010. The molecule has 2 heterocycles. The number of pyridine rings is 1. The van der Waals surface area contributed by atoms with Gasteiger partial charge in [0.1, 0.15) is 17.1 Å². The normalized spacial score (nSPS) is 10.4. The van der Waals surface area contributed by atoms with E-state index in [4.69, 9.17) is 10.5 Å². The second kappa shape index (κ2) is 10.8. The third kappa shape index (κ3) is 6.05. The van der Waals surface area contributed by atoms with Crippen molar-refractivity contribution in [3.63, 3.8) is 0 Å². The van der Waals surface area contributed by atoms with Crippen molar-refractivity contribution in [1.82, 2.24) is 15.0 Å². The summed E-state index contributed by atoms with van der Waals surface area (Å²) in [6.45, 7) is 3.39. The number of ether oxygens (including phenoxy) is 1. The van der Waals surface area contributed by atoms with Crippen LogP contribution >= 0.6 is 0 Å². The van der Waals surface area contributed by atoms with E-state index in [1.54, 1.807) is 37.7 Å². The van der Waals surface area contributed by atoms with Gasteiger partial charge in [-0.3, -0.25) is 9.78 Å². The highest BCUT2D eigenvalue weighted by Crippen LogP contribution is 2.25. The van der Waals surface area contributed by atoms with E-state index in [0.29, 0.717) is 47.5 Å². The van der Waals surface area contributed by atoms with Gasteiger partial charge in [0.2, 0.25) is 5.95 Å². The first-order valence-electron chi connectivity index (χ1n) is 10.1. The van der Waals surface area contributed by atoms with Crippen molar-refractivity contribution in [2.24, 2.45) is 0 Å². The minimum Gasteiger partial charge on any atom is -0.495 e. The predicted octanol–water partition coefficient (Wildman–Crippen LogP) is 3.19. The zero-order valence-electron chi connectivity index (χ0n) is 17.7. The number of hydrogen-bond acceptors (Lipinski definition) is 8. The van der Waals surface area contributed by atoms with Crippen LogP contribution in [0, 0.1) is 0 Å². The van der Waals surface area contributed by atoms with E-state index in [2.05, 4.69) is 30.9 Å². The lowest BCUT2D eigenvalue weighted by Gasteiger charge is -2.13. The molecular weight excluding hydrogens is 394 g/mol. The van der Waals surface area contributed by atoms with E-state index >= 15 is 0 Å². The number of nitrogens with two attached hydrogens (primary N) is 1. The van der Waals surface area contributed by atoms with Gasteiger partial charge < -0.3 is 26.4 Å². The summed E-state index contributed by atoms with van der Waals surface area (Å²) in [4.78, 5) is 25.7. The smallest absolute Gasteiger partial charge is 0.260 e. The number of nitrogen functional groups attached to an aromatic ring is 1. The Kier molecular flexibility index (Phi) is 7.58. The molecule has 3 aromatic rings. The second-order valence-electron chi connectivity index (χ2n) is 6.83. The molecule has 2 aromatic heterocycles.